The Bertz CT molecular complexity index is 854. The molecule has 154 valence electrons. The van der Waals surface area contributed by atoms with Crippen molar-refractivity contribution < 1.29 is 22.4 Å². The average molecular weight is 431 g/mol. The maximum atomic E-state index is 15.8. The number of hydrogen-bond donors (Lipinski definition) is 1. The summed E-state index contributed by atoms with van der Waals surface area (Å²) in [6.45, 7) is 0.729. The zero-order valence-electron chi connectivity index (χ0n) is 15.5. The number of carbonyl (C=O) groups is 1. The van der Waals surface area contributed by atoms with Gasteiger partial charge >= 0.3 is 5.31 Å². The molecule has 0 bridgehead atoms. The summed E-state index contributed by atoms with van der Waals surface area (Å²) in [6.07, 6.45) is 4.70. The molecule has 1 aromatic carbocycles. The van der Waals surface area contributed by atoms with Gasteiger partial charge in [0.2, 0.25) is 10.0 Å². The van der Waals surface area contributed by atoms with Gasteiger partial charge < -0.3 is 0 Å². The lowest BCUT2D eigenvalue weighted by Gasteiger charge is -2.40. The normalized spacial score (nSPS) is 28.9. The lowest BCUT2D eigenvalue weighted by Crippen LogP contribution is -2.58. The minimum Gasteiger partial charge on any atom is -0.267 e. The number of nitrogens with one attached hydrogen (secondary N) is 1. The van der Waals surface area contributed by atoms with Gasteiger partial charge in [0.15, 0.2) is 4.75 Å². The predicted molar refractivity (Wildman–Crippen MR) is 103 cm³/mol. The summed E-state index contributed by atoms with van der Waals surface area (Å²) in [5.41, 5.74) is 1.54. The van der Waals surface area contributed by atoms with Crippen LogP contribution in [0.3, 0.4) is 0 Å². The molecule has 3 aliphatic rings. The minimum absolute atomic E-state index is 0.111. The lowest BCUT2D eigenvalue weighted by atomic mass is 9.84. The molecule has 0 aromatic heterocycles. The van der Waals surface area contributed by atoms with E-state index in [4.69, 9.17) is 16.4 Å². The van der Waals surface area contributed by atoms with Crippen LogP contribution in [0.25, 0.3) is 0 Å². The summed E-state index contributed by atoms with van der Waals surface area (Å²) in [5.74, 6) is -0.682. The molecule has 1 N–H and O–H groups in total. The number of hydrogen-bond acceptors (Lipinski definition) is 4. The van der Waals surface area contributed by atoms with Crippen LogP contribution in [0.15, 0.2) is 30.3 Å². The molecule has 1 heterocycles. The second kappa shape index (κ2) is 6.93. The number of carbonyl (C=O) groups excluding carboxylic acids is 1. The van der Waals surface area contributed by atoms with Crippen molar-refractivity contribution in [3.05, 3.63) is 35.9 Å². The lowest BCUT2D eigenvalue weighted by molar-refractivity contribution is -0.132. The first kappa shape index (κ1) is 20.1. The Hall–Kier alpha value is -1.22. The van der Waals surface area contributed by atoms with Crippen molar-refractivity contribution in [2.45, 2.75) is 55.0 Å². The highest BCUT2D eigenvalue weighted by atomic mass is 35.5. The van der Waals surface area contributed by atoms with Crippen molar-refractivity contribution in [2.75, 3.05) is 13.1 Å². The maximum absolute atomic E-state index is 15.8. The van der Waals surface area contributed by atoms with Crippen LogP contribution in [0.4, 0.5) is 4.39 Å². The fourth-order valence-electron chi connectivity index (χ4n) is 4.76. The van der Waals surface area contributed by atoms with Crippen LogP contribution in [0.1, 0.15) is 55.3 Å². The first-order valence-corrected chi connectivity index (χ1v) is 11.5. The van der Waals surface area contributed by atoms with Crippen molar-refractivity contribution in [1.82, 2.24) is 9.79 Å². The highest BCUT2D eigenvalue weighted by molar-refractivity contribution is 7.91. The number of hydroxylamine groups is 1. The number of alkyl halides is 2. The van der Waals surface area contributed by atoms with Crippen molar-refractivity contribution in [2.24, 2.45) is 5.41 Å². The molecule has 2 unspecified atom stereocenters. The van der Waals surface area contributed by atoms with Gasteiger partial charge in [-0.25, -0.2) is 23.0 Å². The van der Waals surface area contributed by atoms with Gasteiger partial charge in [0.05, 0.1) is 0 Å². The first-order chi connectivity index (χ1) is 13.3. The molecule has 9 heteroatoms. The fraction of sp³-hybridized carbons (Fsp3) is 0.632. The van der Waals surface area contributed by atoms with Crippen molar-refractivity contribution in [1.29, 1.82) is 0 Å². The number of nitrogens with zero attached hydrogens (tertiary/aromatic N) is 1. The highest BCUT2D eigenvalue weighted by Crippen LogP contribution is 2.74. The van der Waals surface area contributed by atoms with Crippen LogP contribution in [0, 0.1) is 5.41 Å². The molecule has 4 rings (SSSR count). The average Bonchev–Trinajstić information content (AvgIpc) is 3.29. The number of benzene rings is 1. The van der Waals surface area contributed by atoms with Crippen molar-refractivity contribution in [3.8, 4) is 0 Å². The van der Waals surface area contributed by atoms with Crippen LogP contribution in [-0.4, -0.2) is 41.8 Å². The summed E-state index contributed by atoms with van der Waals surface area (Å²) < 4.78 is 41.9. The van der Waals surface area contributed by atoms with Crippen molar-refractivity contribution in [3.63, 3.8) is 0 Å². The predicted octanol–water partition coefficient (Wildman–Crippen LogP) is 3.34. The van der Waals surface area contributed by atoms with E-state index < -0.39 is 31.4 Å². The van der Waals surface area contributed by atoms with E-state index in [1.165, 1.54) is 4.31 Å². The molecule has 2 saturated carbocycles. The van der Waals surface area contributed by atoms with Crippen LogP contribution >= 0.6 is 11.6 Å². The molecule has 2 atom stereocenters. The SMILES string of the molecule is O=C(NOC(F)(Cl)C1(S(=O)(=O)N2CCC2)CC12CCCCC2)c1ccccc1. The number of halogens is 2. The monoisotopic (exact) mass is 430 g/mol. The van der Waals surface area contributed by atoms with E-state index in [9.17, 15) is 13.2 Å². The third kappa shape index (κ3) is 2.88. The molecule has 1 aromatic rings. The van der Waals surface area contributed by atoms with E-state index in [1.54, 1.807) is 30.3 Å². The molecule has 1 spiro atoms. The second-order valence-corrected chi connectivity index (χ2v) is 10.7. The van der Waals surface area contributed by atoms with Crippen molar-refractivity contribution >= 4 is 27.5 Å². The second-order valence-electron chi connectivity index (χ2n) is 8.02. The molecule has 1 amide bonds. The zero-order chi connectivity index (χ0) is 20.0. The molecule has 2 aliphatic carbocycles. The Balaban J connectivity index is 1.60. The summed E-state index contributed by atoms with van der Waals surface area (Å²) in [7, 11) is -4.02. The van der Waals surface area contributed by atoms with Gasteiger partial charge in [-0.05, 0) is 49.4 Å². The van der Waals surface area contributed by atoms with E-state index >= 15 is 4.39 Å². The van der Waals surface area contributed by atoms with Gasteiger partial charge in [0, 0.05) is 24.1 Å². The van der Waals surface area contributed by atoms with E-state index in [0.717, 1.165) is 25.7 Å². The van der Waals surface area contributed by atoms with Gasteiger partial charge in [-0.3, -0.25) is 4.79 Å². The Morgan fingerprint density at radius 3 is 2.36 bits per heavy atom. The third-order valence-electron chi connectivity index (χ3n) is 6.50. The molecule has 3 fully saturated rings. The van der Waals surface area contributed by atoms with Gasteiger partial charge in [-0.1, -0.05) is 37.5 Å². The number of sulfonamides is 1. The molecule has 28 heavy (non-hydrogen) atoms. The Morgan fingerprint density at radius 2 is 1.79 bits per heavy atom. The molecular formula is C19H24ClFN2O4S. The Labute approximate surface area is 169 Å². The summed E-state index contributed by atoms with van der Waals surface area (Å²) in [4.78, 5) is 17.2. The standard InChI is InChI=1S/C19H24ClFN2O4S/c20-19(21,27-22-16(24)15-8-3-1-4-9-15)18(28(25,26)23-12-7-13-23)14-17(18)10-5-2-6-11-17/h1,3-4,8-9H,2,5-7,10-14H2,(H,22,24). The number of rotatable bonds is 6. The van der Waals surface area contributed by atoms with E-state index in [0.29, 0.717) is 25.9 Å². The Morgan fingerprint density at radius 1 is 1.14 bits per heavy atom. The summed E-state index contributed by atoms with van der Waals surface area (Å²) >= 11 is 6.15. The van der Waals surface area contributed by atoms with E-state index in [1.807, 2.05) is 5.48 Å². The topological polar surface area (TPSA) is 75.7 Å². The molecule has 6 nitrogen and oxygen atoms in total. The van der Waals surface area contributed by atoms with Crippen LogP contribution in [-0.2, 0) is 14.9 Å². The molecule has 1 aliphatic heterocycles. The smallest absolute Gasteiger partial charge is 0.267 e. The molecular weight excluding hydrogens is 407 g/mol. The fourth-order valence-corrected chi connectivity index (χ4v) is 8.09. The molecule has 1 saturated heterocycles. The highest BCUT2D eigenvalue weighted by Gasteiger charge is 2.85. The van der Waals surface area contributed by atoms with Crippen LogP contribution < -0.4 is 5.48 Å². The quantitative estimate of drug-likeness (QED) is 0.554. The molecule has 0 radical (unpaired) electrons. The van der Waals surface area contributed by atoms with Crippen LogP contribution in [0.2, 0.25) is 0 Å². The van der Waals surface area contributed by atoms with E-state index in [2.05, 4.69) is 0 Å². The third-order valence-corrected chi connectivity index (χ3v) is 9.78. The van der Waals surface area contributed by atoms with Gasteiger partial charge in [0.1, 0.15) is 0 Å². The summed E-state index contributed by atoms with van der Waals surface area (Å²) in [6, 6.07) is 8.14. The van der Waals surface area contributed by atoms with Gasteiger partial charge in [0.25, 0.3) is 5.91 Å². The van der Waals surface area contributed by atoms with Crippen LogP contribution in [0.5, 0.6) is 0 Å². The first-order valence-electron chi connectivity index (χ1n) is 9.67. The number of amides is 1. The zero-order valence-corrected chi connectivity index (χ0v) is 17.1. The van der Waals surface area contributed by atoms with Gasteiger partial charge in [-0.15, -0.1) is 0 Å². The summed E-state index contributed by atoms with van der Waals surface area (Å²) in [5, 5.41) is -3.05. The maximum Gasteiger partial charge on any atom is 0.328 e. The minimum atomic E-state index is -4.02. The largest absolute Gasteiger partial charge is 0.328 e. The van der Waals surface area contributed by atoms with E-state index in [-0.39, 0.29) is 12.0 Å². The van der Waals surface area contributed by atoms with Gasteiger partial charge in [-0.2, -0.15) is 4.39 Å². The Kier molecular flexibility index (Phi) is 4.97.